The van der Waals surface area contributed by atoms with Crippen molar-refractivity contribution in [1.82, 2.24) is 19.7 Å². The van der Waals surface area contributed by atoms with Gasteiger partial charge in [0.1, 0.15) is 11.4 Å². The van der Waals surface area contributed by atoms with Crippen LogP contribution in [0.4, 0.5) is 0 Å². The van der Waals surface area contributed by atoms with E-state index in [9.17, 15) is 0 Å². The lowest BCUT2D eigenvalue weighted by Crippen LogP contribution is -1.98. The van der Waals surface area contributed by atoms with Crippen LogP contribution < -0.4 is 0 Å². The van der Waals surface area contributed by atoms with Gasteiger partial charge in [-0.25, -0.2) is 0 Å². The Labute approximate surface area is 96.5 Å². The molecular weight excluding hydrogens is 256 g/mol. The van der Waals surface area contributed by atoms with Crippen molar-refractivity contribution < 1.29 is 0 Å². The minimum Gasteiger partial charge on any atom is -0.268 e. The number of aryl methyl sites for hydroxylation is 1. The summed E-state index contributed by atoms with van der Waals surface area (Å²) in [6.07, 6.45) is 5.04. The summed E-state index contributed by atoms with van der Waals surface area (Å²) in [5.41, 5.74) is 2.75. The van der Waals surface area contributed by atoms with E-state index in [-0.39, 0.29) is 0 Å². The second kappa shape index (κ2) is 4.10. The van der Waals surface area contributed by atoms with Gasteiger partial charge in [0, 0.05) is 18.9 Å². The van der Waals surface area contributed by atoms with Crippen LogP contribution in [-0.4, -0.2) is 19.7 Å². The lowest BCUT2D eigenvalue weighted by Gasteiger charge is -1.96. The summed E-state index contributed by atoms with van der Waals surface area (Å²) >= 11 is 3.53. The quantitative estimate of drug-likeness (QED) is 0.839. The van der Waals surface area contributed by atoms with Crippen LogP contribution in [0.5, 0.6) is 0 Å². The van der Waals surface area contributed by atoms with Crippen molar-refractivity contribution in [3.05, 3.63) is 28.8 Å². The second-order valence-corrected chi connectivity index (χ2v) is 3.95. The average molecular weight is 267 g/mol. The topological polar surface area (TPSA) is 43.6 Å². The summed E-state index contributed by atoms with van der Waals surface area (Å²) in [6, 6.07) is 0. The van der Waals surface area contributed by atoms with Gasteiger partial charge in [-0.1, -0.05) is 0 Å². The predicted octanol–water partition coefficient (Wildman–Crippen LogP) is 2.43. The Hall–Kier alpha value is -1.23. The van der Waals surface area contributed by atoms with Crippen LogP contribution in [0.2, 0.25) is 0 Å². The number of hydrogen-bond acceptors (Lipinski definition) is 3. The van der Waals surface area contributed by atoms with Crippen LogP contribution in [0.25, 0.3) is 11.4 Å². The highest BCUT2D eigenvalue weighted by Gasteiger charge is 2.13. The van der Waals surface area contributed by atoms with Crippen molar-refractivity contribution in [2.45, 2.75) is 20.4 Å². The molecule has 0 aromatic carbocycles. The first-order chi connectivity index (χ1) is 7.24. The Bertz CT molecular complexity index is 464. The van der Waals surface area contributed by atoms with E-state index >= 15 is 0 Å². The highest BCUT2D eigenvalue weighted by molar-refractivity contribution is 9.10. The molecule has 15 heavy (non-hydrogen) atoms. The van der Waals surface area contributed by atoms with Gasteiger partial charge in [0.15, 0.2) is 0 Å². The van der Waals surface area contributed by atoms with E-state index in [2.05, 4.69) is 37.9 Å². The zero-order chi connectivity index (χ0) is 10.8. The molecule has 2 heterocycles. The predicted molar refractivity (Wildman–Crippen MR) is 61.4 cm³/mol. The Morgan fingerprint density at radius 3 is 2.73 bits per heavy atom. The Morgan fingerprint density at radius 2 is 2.20 bits per heavy atom. The van der Waals surface area contributed by atoms with Crippen LogP contribution >= 0.6 is 15.9 Å². The smallest absolute Gasteiger partial charge is 0.127 e. The molecule has 0 bridgehead atoms. The fraction of sp³-hybridized carbons (Fsp3) is 0.300. The van der Waals surface area contributed by atoms with Crippen LogP contribution in [0, 0.1) is 6.92 Å². The van der Waals surface area contributed by atoms with Crippen LogP contribution in [0.1, 0.15) is 12.6 Å². The van der Waals surface area contributed by atoms with Crippen molar-refractivity contribution in [3.63, 3.8) is 0 Å². The van der Waals surface area contributed by atoms with Gasteiger partial charge in [0.25, 0.3) is 0 Å². The van der Waals surface area contributed by atoms with Gasteiger partial charge in [-0.05, 0) is 29.8 Å². The molecule has 4 nitrogen and oxygen atoms in total. The summed E-state index contributed by atoms with van der Waals surface area (Å²) in [5.74, 6) is 0. The summed E-state index contributed by atoms with van der Waals surface area (Å²) < 4.78 is 2.93. The fourth-order valence-corrected chi connectivity index (χ4v) is 1.90. The molecular formula is C10H11BrN4. The van der Waals surface area contributed by atoms with Gasteiger partial charge in [0.2, 0.25) is 0 Å². The molecule has 0 amide bonds. The first-order valence-corrected chi connectivity index (χ1v) is 5.52. The molecule has 2 aromatic heterocycles. The summed E-state index contributed by atoms with van der Waals surface area (Å²) in [5, 5.41) is 4.47. The first-order valence-electron chi connectivity index (χ1n) is 4.73. The molecule has 0 aliphatic carbocycles. The zero-order valence-corrected chi connectivity index (χ0v) is 10.2. The largest absolute Gasteiger partial charge is 0.268 e. The van der Waals surface area contributed by atoms with E-state index in [4.69, 9.17) is 0 Å². The molecule has 0 N–H and O–H groups in total. The summed E-state index contributed by atoms with van der Waals surface area (Å²) in [4.78, 5) is 8.26. The molecule has 0 aliphatic rings. The molecule has 0 saturated carbocycles. The highest BCUT2D eigenvalue weighted by Crippen LogP contribution is 2.27. The SMILES string of the molecule is CCn1nc(-c2cnccn2)c(Br)c1C. The van der Waals surface area contributed by atoms with Gasteiger partial charge in [0.05, 0.1) is 16.4 Å². The minimum atomic E-state index is 0.791. The molecule has 0 aliphatic heterocycles. The van der Waals surface area contributed by atoms with Gasteiger partial charge in [-0.3, -0.25) is 14.6 Å². The number of rotatable bonds is 2. The van der Waals surface area contributed by atoms with Crippen molar-refractivity contribution in [1.29, 1.82) is 0 Å². The third-order valence-corrected chi connectivity index (χ3v) is 3.19. The first kappa shape index (κ1) is 10.3. The van der Waals surface area contributed by atoms with Crippen LogP contribution in [0.3, 0.4) is 0 Å². The van der Waals surface area contributed by atoms with E-state index in [1.54, 1.807) is 18.6 Å². The third-order valence-electron chi connectivity index (χ3n) is 2.24. The normalized spacial score (nSPS) is 10.6. The molecule has 0 radical (unpaired) electrons. The van der Waals surface area contributed by atoms with E-state index < -0.39 is 0 Å². The Balaban J connectivity index is 2.55. The van der Waals surface area contributed by atoms with Crippen molar-refractivity contribution in [3.8, 4) is 11.4 Å². The van der Waals surface area contributed by atoms with Crippen molar-refractivity contribution in [2.75, 3.05) is 0 Å². The molecule has 5 heteroatoms. The zero-order valence-electron chi connectivity index (χ0n) is 8.61. The van der Waals surface area contributed by atoms with Gasteiger partial charge >= 0.3 is 0 Å². The standard InChI is InChI=1S/C10H11BrN4/c1-3-15-7(2)9(11)10(14-15)8-6-12-4-5-13-8/h4-6H,3H2,1-2H3. The lowest BCUT2D eigenvalue weighted by atomic mass is 10.3. The second-order valence-electron chi connectivity index (χ2n) is 3.15. The van der Waals surface area contributed by atoms with Crippen molar-refractivity contribution >= 4 is 15.9 Å². The maximum Gasteiger partial charge on any atom is 0.127 e. The number of halogens is 1. The van der Waals surface area contributed by atoms with E-state index in [0.29, 0.717) is 0 Å². The highest BCUT2D eigenvalue weighted by atomic mass is 79.9. The average Bonchev–Trinajstić information content (AvgIpc) is 2.57. The van der Waals surface area contributed by atoms with Gasteiger partial charge < -0.3 is 0 Å². The molecule has 0 unspecified atom stereocenters. The van der Waals surface area contributed by atoms with Gasteiger partial charge in [-0.15, -0.1) is 0 Å². The molecule has 0 atom stereocenters. The summed E-state index contributed by atoms with van der Waals surface area (Å²) in [6.45, 7) is 4.94. The third kappa shape index (κ3) is 1.79. The van der Waals surface area contributed by atoms with Crippen molar-refractivity contribution in [2.24, 2.45) is 0 Å². The van der Waals surface area contributed by atoms with Crippen LogP contribution in [0.15, 0.2) is 23.1 Å². The van der Waals surface area contributed by atoms with E-state index in [0.717, 1.165) is 28.1 Å². The van der Waals surface area contributed by atoms with Crippen LogP contribution in [-0.2, 0) is 6.54 Å². The molecule has 2 rings (SSSR count). The molecule has 78 valence electrons. The Kier molecular flexibility index (Phi) is 2.81. The lowest BCUT2D eigenvalue weighted by molar-refractivity contribution is 0.641. The monoisotopic (exact) mass is 266 g/mol. The molecule has 2 aromatic rings. The minimum absolute atomic E-state index is 0.791. The molecule has 0 saturated heterocycles. The fourth-order valence-electron chi connectivity index (χ4n) is 1.42. The molecule has 0 spiro atoms. The maximum atomic E-state index is 4.47. The number of aromatic nitrogens is 4. The maximum absolute atomic E-state index is 4.47. The number of hydrogen-bond donors (Lipinski definition) is 0. The molecule has 0 fully saturated rings. The summed E-state index contributed by atoms with van der Waals surface area (Å²) in [7, 11) is 0. The van der Waals surface area contributed by atoms with E-state index in [1.165, 1.54) is 0 Å². The van der Waals surface area contributed by atoms with E-state index in [1.807, 2.05) is 11.6 Å². The number of nitrogens with zero attached hydrogens (tertiary/aromatic N) is 4. The van der Waals surface area contributed by atoms with Gasteiger partial charge in [-0.2, -0.15) is 5.10 Å². The Morgan fingerprint density at radius 1 is 1.40 bits per heavy atom.